The molecule has 0 N–H and O–H groups in total. The van der Waals surface area contributed by atoms with E-state index in [9.17, 15) is 0 Å². The van der Waals surface area contributed by atoms with Crippen molar-refractivity contribution in [3.63, 3.8) is 0 Å². The molecular weight excluding hydrogens is 408 g/mol. The highest BCUT2D eigenvalue weighted by molar-refractivity contribution is 6.74. The van der Waals surface area contributed by atoms with E-state index in [1.165, 1.54) is 0 Å². The van der Waals surface area contributed by atoms with Crippen molar-refractivity contribution in [1.29, 1.82) is 0 Å². The summed E-state index contributed by atoms with van der Waals surface area (Å²) in [4.78, 5) is 0. The summed E-state index contributed by atoms with van der Waals surface area (Å²) in [5.41, 5.74) is 0.659. The molecule has 0 aromatic heterocycles. The van der Waals surface area contributed by atoms with Crippen molar-refractivity contribution < 1.29 is 23.4 Å². The smallest absolute Gasteiger partial charge is 0.191 e. The molecule has 31 heavy (non-hydrogen) atoms. The fourth-order valence-corrected chi connectivity index (χ4v) is 3.56. The minimum Gasteiger partial charge on any atom is -0.497 e. The highest BCUT2D eigenvalue weighted by Crippen LogP contribution is 2.37. The summed E-state index contributed by atoms with van der Waals surface area (Å²) in [5, 5.41) is 0.188. The van der Waals surface area contributed by atoms with Gasteiger partial charge in [0, 0.05) is 20.1 Å². The summed E-state index contributed by atoms with van der Waals surface area (Å²) in [6.45, 7) is 16.7. The standard InChI is InChI=1S/C25H42O5Si/c1-21(28-19-22-12-14-23(27-7)15-13-22)11-10-16-25(5,29-20-26-6)17-18-30-31(8,9)24(2,3)4/h12-15,21H,16-20H2,1-9H3. The molecule has 0 radical (unpaired) electrons. The lowest BCUT2D eigenvalue weighted by Crippen LogP contribution is -2.42. The molecular formula is C25H42O5Si. The molecule has 5 nitrogen and oxygen atoms in total. The Morgan fingerprint density at radius 2 is 1.68 bits per heavy atom. The SMILES string of the molecule is COCOC(C)(CC#CC(C)OCc1ccc(OC)cc1)CCO[Si](C)(C)C(C)(C)C. The lowest BCUT2D eigenvalue weighted by molar-refractivity contribution is -0.126. The third kappa shape index (κ3) is 10.2. The molecule has 2 atom stereocenters. The average Bonchev–Trinajstić information content (AvgIpc) is 2.70. The molecule has 0 aliphatic rings. The van der Waals surface area contributed by atoms with Crippen LogP contribution < -0.4 is 4.74 Å². The third-order valence-electron chi connectivity index (χ3n) is 5.85. The van der Waals surface area contributed by atoms with E-state index < -0.39 is 13.9 Å². The highest BCUT2D eigenvalue weighted by Gasteiger charge is 2.37. The number of methoxy groups -OCH3 is 2. The molecule has 176 valence electrons. The van der Waals surface area contributed by atoms with Crippen LogP contribution in [-0.4, -0.2) is 47.6 Å². The molecule has 0 saturated carbocycles. The normalized spacial score (nSPS) is 15.0. The maximum absolute atomic E-state index is 6.34. The molecule has 1 rings (SSSR count). The molecule has 0 aliphatic heterocycles. The Hall–Kier alpha value is -1.36. The quantitative estimate of drug-likeness (QED) is 0.229. The van der Waals surface area contributed by atoms with Gasteiger partial charge in [0.1, 0.15) is 18.6 Å². The molecule has 1 aromatic carbocycles. The second-order valence-electron chi connectivity index (χ2n) is 9.66. The van der Waals surface area contributed by atoms with Crippen LogP contribution in [0.5, 0.6) is 5.75 Å². The van der Waals surface area contributed by atoms with Gasteiger partial charge in [0.2, 0.25) is 0 Å². The van der Waals surface area contributed by atoms with Crippen molar-refractivity contribution in [1.82, 2.24) is 0 Å². The lowest BCUT2D eigenvalue weighted by Gasteiger charge is -2.37. The van der Waals surface area contributed by atoms with Crippen LogP contribution in [0.2, 0.25) is 18.1 Å². The number of ether oxygens (including phenoxy) is 4. The Balaban J connectivity index is 2.59. The molecule has 0 aliphatic carbocycles. The van der Waals surface area contributed by atoms with Gasteiger partial charge in [-0.3, -0.25) is 0 Å². The first kappa shape index (κ1) is 27.7. The minimum atomic E-state index is -1.78. The molecule has 0 fully saturated rings. The van der Waals surface area contributed by atoms with Crippen molar-refractivity contribution in [2.75, 3.05) is 27.6 Å². The van der Waals surface area contributed by atoms with Crippen molar-refractivity contribution in [2.45, 2.75) is 83.9 Å². The topological polar surface area (TPSA) is 46.2 Å². The van der Waals surface area contributed by atoms with E-state index in [4.69, 9.17) is 23.4 Å². The van der Waals surface area contributed by atoms with Crippen LogP contribution in [0.3, 0.4) is 0 Å². The molecule has 6 heteroatoms. The number of hydrogen-bond donors (Lipinski definition) is 0. The lowest BCUT2D eigenvalue weighted by atomic mass is 9.98. The van der Waals surface area contributed by atoms with E-state index in [1.54, 1.807) is 14.2 Å². The van der Waals surface area contributed by atoms with E-state index in [-0.39, 0.29) is 17.9 Å². The van der Waals surface area contributed by atoms with Crippen LogP contribution in [0.15, 0.2) is 24.3 Å². The van der Waals surface area contributed by atoms with E-state index >= 15 is 0 Å². The Morgan fingerprint density at radius 1 is 1.03 bits per heavy atom. The average molecular weight is 451 g/mol. The van der Waals surface area contributed by atoms with E-state index in [2.05, 4.69) is 52.6 Å². The zero-order valence-corrected chi connectivity index (χ0v) is 22.0. The molecule has 1 aromatic rings. The highest BCUT2D eigenvalue weighted by atomic mass is 28.4. The van der Waals surface area contributed by atoms with Crippen LogP contribution in [0, 0.1) is 11.8 Å². The summed E-state index contributed by atoms with van der Waals surface area (Å²) in [5.74, 6) is 7.27. The molecule has 2 unspecified atom stereocenters. The monoisotopic (exact) mass is 450 g/mol. The summed E-state index contributed by atoms with van der Waals surface area (Å²) >= 11 is 0. The Morgan fingerprint density at radius 3 is 2.23 bits per heavy atom. The van der Waals surface area contributed by atoms with Gasteiger partial charge in [-0.25, -0.2) is 0 Å². The van der Waals surface area contributed by atoms with Crippen molar-refractivity contribution >= 4 is 8.32 Å². The van der Waals surface area contributed by atoms with E-state index in [1.807, 2.05) is 31.2 Å². The Labute approximate surface area is 190 Å². The second kappa shape index (κ2) is 12.6. The molecule has 0 heterocycles. The first-order valence-corrected chi connectivity index (χ1v) is 13.8. The van der Waals surface area contributed by atoms with Crippen LogP contribution in [-0.2, 0) is 25.2 Å². The second-order valence-corrected chi connectivity index (χ2v) is 14.5. The van der Waals surface area contributed by atoms with E-state index in [0.29, 0.717) is 19.6 Å². The molecule has 0 amide bonds. The van der Waals surface area contributed by atoms with Gasteiger partial charge in [0.05, 0.1) is 19.3 Å². The molecule has 0 saturated heterocycles. The van der Waals surface area contributed by atoms with Crippen LogP contribution in [0.1, 0.15) is 53.0 Å². The van der Waals surface area contributed by atoms with E-state index in [0.717, 1.165) is 17.7 Å². The maximum Gasteiger partial charge on any atom is 0.191 e. The van der Waals surface area contributed by atoms with Crippen molar-refractivity contribution in [2.24, 2.45) is 0 Å². The fraction of sp³-hybridized carbons (Fsp3) is 0.680. The van der Waals surface area contributed by atoms with Gasteiger partial charge in [-0.2, -0.15) is 0 Å². The summed E-state index contributed by atoms with van der Waals surface area (Å²) in [7, 11) is 1.51. The summed E-state index contributed by atoms with van der Waals surface area (Å²) < 4.78 is 28.5. The van der Waals surface area contributed by atoms with Crippen LogP contribution in [0.25, 0.3) is 0 Å². The van der Waals surface area contributed by atoms with Crippen LogP contribution in [0.4, 0.5) is 0 Å². The van der Waals surface area contributed by atoms with Gasteiger partial charge >= 0.3 is 0 Å². The Bertz CT molecular complexity index is 699. The Kier molecular flexibility index (Phi) is 11.3. The fourth-order valence-electron chi connectivity index (χ4n) is 2.52. The van der Waals surface area contributed by atoms with Gasteiger partial charge < -0.3 is 23.4 Å². The van der Waals surface area contributed by atoms with Crippen molar-refractivity contribution in [3.8, 4) is 17.6 Å². The summed E-state index contributed by atoms with van der Waals surface area (Å²) in [6.07, 6.45) is 1.18. The molecule has 0 bridgehead atoms. The van der Waals surface area contributed by atoms with Crippen LogP contribution >= 0.6 is 0 Å². The van der Waals surface area contributed by atoms with Crippen molar-refractivity contribution in [3.05, 3.63) is 29.8 Å². The minimum absolute atomic E-state index is 0.169. The van der Waals surface area contributed by atoms with Gasteiger partial charge in [-0.1, -0.05) is 44.7 Å². The number of hydrogen-bond acceptors (Lipinski definition) is 5. The predicted octanol–water partition coefficient (Wildman–Crippen LogP) is 5.78. The maximum atomic E-state index is 6.34. The van der Waals surface area contributed by atoms with Gasteiger partial charge in [0.25, 0.3) is 0 Å². The van der Waals surface area contributed by atoms with Gasteiger partial charge in [0.15, 0.2) is 8.32 Å². The molecule has 0 spiro atoms. The zero-order chi connectivity index (χ0) is 23.5. The largest absolute Gasteiger partial charge is 0.497 e. The number of rotatable bonds is 12. The van der Waals surface area contributed by atoms with Gasteiger partial charge in [-0.15, -0.1) is 0 Å². The zero-order valence-electron chi connectivity index (χ0n) is 21.0. The third-order valence-corrected chi connectivity index (χ3v) is 10.4. The predicted molar refractivity (Wildman–Crippen MR) is 129 cm³/mol. The first-order chi connectivity index (χ1) is 14.4. The summed E-state index contributed by atoms with van der Waals surface area (Å²) in [6, 6.07) is 7.85. The number of benzene rings is 1. The van der Waals surface area contributed by atoms with Gasteiger partial charge in [-0.05, 0) is 56.1 Å². The first-order valence-electron chi connectivity index (χ1n) is 10.9.